The van der Waals surface area contributed by atoms with Crippen LogP contribution in [-0.4, -0.2) is 67.9 Å². The minimum absolute atomic E-state index is 0. The quantitative estimate of drug-likeness (QED) is 0.350. The van der Waals surface area contributed by atoms with Crippen molar-refractivity contribution >= 4 is 35.6 Å². The van der Waals surface area contributed by atoms with Gasteiger partial charge in [-0.25, -0.2) is 0 Å². The van der Waals surface area contributed by atoms with Crippen LogP contribution in [0.4, 0.5) is 5.69 Å². The van der Waals surface area contributed by atoms with E-state index in [2.05, 4.69) is 34.2 Å². The normalized spacial score (nSPS) is 15.4. The number of guanidine groups is 1. The van der Waals surface area contributed by atoms with Crippen molar-refractivity contribution in [2.24, 2.45) is 4.99 Å². The lowest BCUT2D eigenvalue weighted by Crippen LogP contribution is -2.53. The smallest absolute Gasteiger partial charge is 0.194 e. The number of aliphatic hydroxyl groups is 1. The molecule has 1 aliphatic rings. The molecule has 0 unspecified atom stereocenters. The number of methoxy groups -OCH3 is 1. The topological polar surface area (TPSA) is 60.3 Å². The Morgan fingerprint density at radius 1 is 1.11 bits per heavy atom. The summed E-state index contributed by atoms with van der Waals surface area (Å²) in [5.74, 6) is 1.79. The van der Waals surface area contributed by atoms with Gasteiger partial charge in [-0.3, -0.25) is 4.99 Å². The van der Waals surface area contributed by atoms with E-state index < -0.39 is 5.60 Å². The predicted octanol–water partition coefficient (Wildman–Crippen LogP) is 2.95. The molecule has 27 heavy (non-hydrogen) atoms. The number of nitrogens with zero attached hydrogens (tertiary/aromatic N) is 3. The minimum Gasteiger partial charge on any atom is -0.497 e. The fraction of sp³-hybridized carbons (Fsp3) is 0.650. The summed E-state index contributed by atoms with van der Waals surface area (Å²) in [6.45, 7) is 11.1. The third kappa shape index (κ3) is 6.71. The van der Waals surface area contributed by atoms with Crippen molar-refractivity contribution in [2.45, 2.75) is 39.2 Å². The van der Waals surface area contributed by atoms with E-state index in [9.17, 15) is 5.11 Å². The van der Waals surface area contributed by atoms with E-state index in [1.807, 2.05) is 26.0 Å². The third-order valence-corrected chi connectivity index (χ3v) is 5.19. The zero-order valence-corrected chi connectivity index (χ0v) is 19.4. The maximum Gasteiger partial charge on any atom is 0.194 e. The highest BCUT2D eigenvalue weighted by molar-refractivity contribution is 14.0. The summed E-state index contributed by atoms with van der Waals surface area (Å²) in [4.78, 5) is 9.39. The Kier molecular flexibility index (Phi) is 10.2. The van der Waals surface area contributed by atoms with Gasteiger partial charge >= 0.3 is 0 Å². The molecular formula is C20H35IN4O2. The molecule has 0 radical (unpaired) electrons. The third-order valence-electron chi connectivity index (χ3n) is 5.19. The standard InChI is InChI=1S/C20H34N4O2.HI/c1-5-20(25,6-2)16-22-19(21-7-3)24-14-12-23(13-15-24)17-8-10-18(26-4)11-9-17;/h8-11,25H,5-7,12-16H2,1-4H3,(H,21,22);1H. The number of piperazine rings is 1. The van der Waals surface area contributed by atoms with Gasteiger partial charge in [-0.1, -0.05) is 13.8 Å². The molecule has 1 saturated heterocycles. The largest absolute Gasteiger partial charge is 0.497 e. The van der Waals surface area contributed by atoms with Crippen LogP contribution in [0, 0.1) is 0 Å². The van der Waals surface area contributed by atoms with Crippen LogP contribution in [0.15, 0.2) is 29.3 Å². The van der Waals surface area contributed by atoms with Gasteiger partial charge < -0.3 is 25.0 Å². The number of hydrogen-bond acceptors (Lipinski definition) is 4. The fourth-order valence-electron chi connectivity index (χ4n) is 3.09. The van der Waals surface area contributed by atoms with E-state index >= 15 is 0 Å². The SMILES string of the molecule is CCNC(=NCC(O)(CC)CC)N1CCN(c2ccc(OC)cc2)CC1.I. The van der Waals surface area contributed by atoms with Crippen molar-refractivity contribution in [1.82, 2.24) is 10.2 Å². The molecule has 2 rings (SSSR count). The van der Waals surface area contributed by atoms with Gasteiger partial charge in [0.05, 0.1) is 19.3 Å². The molecular weight excluding hydrogens is 455 g/mol. The van der Waals surface area contributed by atoms with Gasteiger partial charge in [0.25, 0.3) is 0 Å². The van der Waals surface area contributed by atoms with E-state index in [1.54, 1.807) is 7.11 Å². The second kappa shape index (κ2) is 11.6. The second-order valence-corrected chi connectivity index (χ2v) is 6.77. The van der Waals surface area contributed by atoms with Crippen molar-refractivity contribution in [3.63, 3.8) is 0 Å². The van der Waals surface area contributed by atoms with Crippen LogP contribution in [0.3, 0.4) is 0 Å². The molecule has 0 spiro atoms. The highest BCUT2D eigenvalue weighted by Crippen LogP contribution is 2.21. The van der Waals surface area contributed by atoms with Crippen molar-refractivity contribution in [3.8, 4) is 5.75 Å². The molecule has 0 aromatic heterocycles. The lowest BCUT2D eigenvalue weighted by atomic mass is 9.98. The van der Waals surface area contributed by atoms with E-state index in [0.717, 1.165) is 57.3 Å². The first-order valence-corrected chi connectivity index (χ1v) is 9.69. The average molecular weight is 490 g/mol. The molecule has 1 heterocycles. The number of ether oxygens (including phenoxy) is 1. The summed E-state index contributed by atoms with van der Waals surface area (Å²) in [6, 6.07) is 8.22. The monoisotopic (exact) mass is 490 g/mol. The Balaban J connectivity index is 0.00000364. The van der Waals surface area contributed by atoms with Crippen molar-refractivity contribution < 1.29 is 9.84 Å². The summed E-state index contributed by atoms with van der Waals surface area (Å²) >= 11 is 0. The summed E-state index contributed by atoms with van der Waals surface area (Å²) in [5.41, 5.74) is 0.518. The van der Waals surface area contributed by atoms with Gasteiger partial charge in [0, 0.05) is 38.4 Å². The first-order valence-electron chi connectivity index (χ1n) is 9.69. The first-order chi connectivity index (χ1) is 12.5. The highest BCUT2D eigenvalue weighted by Gasteiger charge is 2.24. The predicted molar refractivity (Wildman–Crippen MR) is 124 cm³/mol. The molecule has 1 fully saturated rings. The minimum atomic E-state index is -0.703. The maximum atomic E-state index is 10.5. The molecule has 0 bridgehead atoms. The molecule has 1 aromatic carbocycles. The Morgan fingerprint density at radius 2 is 1.70 bits per heavy atom. The summed E-state index contributed by atoms with van der Waals surface area (Å²) < 4.78 is 5.23. The van der Waals surface area contributed by atoms with Crippen LogP contribution in [0.25, 0.3) is 0 Å². The number of rotatable bonds is 7. The van der Waals surface area contributed by atoms with Gasteiger partial charge in [0.2, 0.25) is 0 Å². The maximum absolute atomic E-state index is 10.5. The number of nitrogens with one attached hydrogen (secondary N) is 1. The van der Waals surface area contributed by atoms with Crippen LogP contribution >= 0.6 is 24.0 Å². The van der Waals surface area contributed by atoms with Crippen molar-refractivity contribution in [2.75, 3.05) is 51.3 Å². The lowest BCUT2D eigenvalue weighted by Gasteiger charge is -2.38. The molecule has 0 aliphatic carbocycles. The Bertz CT molecular complexity index is 568. The molecule has 2 N–H and O–H groups in total. The zero-order valence-electron chi connectivity index (χ0n) is 17.1. The fourth-order valence-corrected chi connectivity index (χ4v) is 3.09. The lowest BCUT2D eigenvalue weighted by molar-refractivity contribution is 0.0415. The number of anilines is 1. The molecule has 154 valence electrons. The number of aliphatic imine (C=N–C) groups is 1. The van der Waals surface area contributed by atoms with Crippen LogP contribution in [-0.2, 0) is 0 Å². The zero-order chi connectivity index (χ0) is 19.0. The molecule has 1 aliphatic heterocycles. The Morgan fingerprint density at radius 3 is 2.19 bits per heavy atom. The Labute approximate surface area is 181 Å². The summed E-state index contributed by atoms with van der Waals surface area (Å²) in [7, 11) is 1.69. The van der Waals surface area contributed by atoms with Crippen molar-refractivity contribution in [3.05, 3.63) is 24.3 Å². The molecule has 0 atom stereocenters. The second-order valence-electron chi connectivity index (χ2n) is 6.77. The van der Waals surface area contributed by atoms with Crippen LogP contribution in [0.1, 0.15) is 33.6 Å². The Hall–Kier alpha value is -1.22. The number of benzene rings is 1. The van der Waals surface area contributed by atoms with Crippen LogP contribution in [0.5, 0.6) is 5.75 Å². The molecule has 1 aromatic rings. The van der Waals surface area contributed by atoms with E-state index in [0.29, 0.717) is 6.54 Å². The number of halogens is 1. The summed E-state index contributed by atoms with van der Waals surface area (Å²) in [5, 5.41) is 13.9. The molecule has 7 heteroatoms. The highest BCUT2D eigenvalue weighted by atomic mass is 127. The van der Waals surface area contributed by atoms with E-state index in [1.165, 1.54) is 5.69 Å². The number of hydrogen-bond donors (Lipinski definition) is 2. The van der Waals surface area contributed by atoms with Crippen molar-refractivity contribution in [1.29, 1.82) is 0 Å². The molecule has 0 amide bonds. The average Bonchev–Trinajstić information content (AvgIpc) is 2.71. The van der Waals surface area contributed by atoms with Gasteiger partial charge in [-0.05, 0) is 44.0 Å². The molecule has 6 nitrogen and oxygen atoms in total. The molecule has 0 saturated carbocycles. The van der Waals surface area contributed by atoms with E-state index in [4.69, 9.17) is 9.73 Å². The first kappa shape index (κ1) is 23.8. The van der Waals surface area contributed by atoms with Crippen LogP contribution in [0.2, 0.25) is 0 Å². The van der Waals surface area contributed by atoms with Gasteiger partial charge in [0.1, 0.15) is 5.75 Å². The van der Waals surface area contributed by atoms with Crippen LogP contribution < -0.4 is 15.0 Å². The van der Waals surface area contributed by atoms with Gasteiger partial charge in [-0.2, -0.15) is 0 Å². The van der Waals surface area contributed by atoms with Gasteiger partial charge in [0.15, 0.2) is 5.96 Å². The van der Waals surface area contributed by atoms with Gasteiger partial charge in [-0.15, -0.1) is 24.0 Å². The summed E-state index contributed by atoms with van der Waals surface area (Å²) in [6.07, 6.45) is 1.44. The van der Waals surface area contributed by atoms with E-state index in [-0.39, 0.29) is 24.0 Å².